The minimum absolute atomic E-state index is 0.0953. The minimum atomic E-state index is -0.531. The second-order valence-corrected chi connectivity index (χ2v) is 6.56. The van der Waals surface area contributed by atoms with E-state index in [0.717, 1.165) is 4.68 Å². The monoisotopic (exact) mass is 410 g/mol. The number of nitrogens with zero attached hydrogens (tertiary/aromatic N) is 4. The van der Waals surface area contributed by atoms with Gasteiger partial charge in [-0.1, -0.05) is 0 Å². The third kappa shape index (κ3) is 4.02. The average Bonchev–Trinajstić information content (AvgIpc) is 3.01. The van der Waals surface area contributed by atoms with Crippen LogP contribution in [0.25, 0.3) is 5.78 Å². The lowest BCUT2D eigenvalue weighted by Crippen LogP contribution is -2.28. The van der Waals surface area contributed by atoms with Gasteiger partial charge in [0.2, 0.25) is 5.91 Å². The van der Waals surface area contributed by atoms with Gasteiger partial charge < -0.3 is 10.6 Å². The third-order valence-electron chi connectivity index (χ3n) is 4.33. The molecular formula is C20H16F2N6O2. The number of halogens is 2. The maximum Gasteiger partial charge on any atom is 0.352 e. The van der Waals surface area contributed by atoms with E-state index in [4.69, 9.17) is 0 Å². The number of carbonyl (C=O) groups is 1. The largest absolute Gasteiger partial charge is 0.352 e. The Kier molecular flexibility index (Phi) is 4.97. The lowest BCUT2D eigenvalue weighted by molar-refractivity contribution is -0.117. The first-order chi connectivity index (χ1) is 14.4. The molecular weight excluding hydrogens is 394 g/mol. The van der Waals surface area contributed by atoms with Gasteiger partial charge in [-0.3, -0.25) is 4.79 Å². The maximum absolute atomic E-state index is 13.2. The van der Waals surface area contributed by atoms with Crippen molar-refractivity contribution in [1.82, 2.24) is 19.2 Å². The Morgan fingerprint density at radius 2 is 1.80 bits per heavy atom. The molecule has 0 aliphatic heterocycles. The molecule has 0 fully saturated rings. The zero-order valence-corrected chi connectivity index (χ0v) is 15.8. The van der Waals surface area contributed by atoms with Crippen molar-refractivity contribution in [1.29, 1.82) is 0 Å². The Morgan fingerprint density at radius 3 is 2.53 bits per heavy atom. The van der Waals surface area contributed by atoms with E-state index in [0.29, 0.717) is 22.8 Å². The second-order valence-electron chi connectivity index (χ2n) is 6.56. The Bertz CT molecular complexity index is 1300. The van der Waals surface area contributed by atoms with Crippen LogP contribution in [0.15, 0.2) is 59.5 Å². The van der Waals surface area contributed by atoms with Gasteiger partial charge in [0.25, 0.3) is 5.78 Å². The summed E-state index contributed by atoms with van der Waals surface area (Å²) in [5, 5.41) is 9.69. The molecule has 0 unspecified atom stereocenters. The molecule has 0 saturated carbocycles. The average molecular weight is 410 g/mol. The van der Waals surface area contributed by atoms with Gasteiger partial charge in [0.1, 0.15) is 24.0 Å². The number of benzene rings is 2. The molecule has 0 spiro atoms. The molecule has 4 aromatic rings. The summed E-state index contributed by atoms with van der Waals surface area (Å²) in [5.74, 6) is -0.753. The second kappa shape index (κ2) is 7.74. The van der Waals surface area contributed by atoms with Crippen molar-refractivity contribution < 1.29 is 13.6 Å². The highest BCUT2D eigenvalue weighted by atomic mass is 19.1. The fraction of sp³-hybridized carbons (Fsp3) is 0.100. The normalized spacial score (nSPS) is 10.9. The van der Waals surface area contributed by atoms with Gasteiger partial charge in [-0.05, 0) is 61.0 Å². The SMILES string of the molecule is Cc1cc(F)ccc1NC(=O)Cn1nc2nc(Nc3ccc(F)cc3)ccn2c1=O. The lowest BCUT2D eigenvalue weighted by Gasteiger charge is -2.07. The van der Waals surface area contributed by atoms with Crippen molar-refractivity contribution >= 4 is 28.9 Å². The van der Waals surface area contributed by atoms with Gasteiger partial charge in [-0.25, -0.2) is 22.7 Å². The van der Waals surface area contributed by atoms with Crippen LogP contribution in [0.5, 0.6) is 0 Å². The molecule has 1 amide bonds. The highest BCUT2D eigenvalue weighted by Crippen LogP contribution is 2.16. The van der Waals surface area contributed by atoms with Crippen molar-refractivity contribution in [3.8, 4) is 0 Å². The molecule has 152 valence electrons. The van der Waals surface area contributed by atoms with Crippen LogP contribution in [0.4, 0.5) is 26.0 Å². The molecule has 4 rings (SSSR count). The van der Waals surface area contributed by atoms with E-state index in [1.165, 1.54) is 40.9 Å². The number of hydrogen-bond acceptors (Lipinski definition) is 5. The standard InChI is InChI=1S/C20H16F2N6O2/c1-12-10-14(22)4-7-16(12)24-18(29)11-28-20(30)27-9-8-17(25-19(27)26-28)23-15-5-2-13(21)3-6-15/h2-10H,11H2,1H3,(H,24,29)(H,23,25,26). The van der Waals surface area contributed by atoms with Gasteiger partial charge in [0, 0.05) is 17.6 Å². The van der Waals surface area contributed by atoms with Crippen molar-refractivity contribution in [2.24, 2.45) is 0 Å². The van der Waals surface area contributed by atoms with Crippen LogP contribution in [0.3, 0.4) is 0 Å². The lowest BCUT2D eigenvalue weighted by atomic mass is 10.2. The van der Waals surface area contributed by atoms with Crippen LogP contribution in [-0.2, 0) is 11.3 Å². The van der Waals surface area contributed by atoms with E-state index in [1.807, 2.05) is 0 Å². The number of fused-ring (bicyclic) bond motifs is 1. The summed E-state index contributed by atoms with van der Waals surface area (Å²) in [7, 11) is 0. The summed E-state index contributed by atoms with van der Waals surface area (Å²) in [6, 6.07) is 11.3. The summed E-state index contributed by atoms with van der Waals surface area (Å²) < 4.78 is 28.4. The first-order valence-corrected chi connectivity index (χ1v) is 8.94. The Labute approximate surface area is 168 Å². The number of aromatic nitrogens is 4. The number of nitrogens with one attached hydrogen (secondary N) is 2. The zero-order valence-electron chi connectivity index (χ0n) is 15.8. The first-order valence-electron chi connectivity index (χ1n) is 8.94. The van der Waals surface area contributed by atoms with Crippen LogP contribution in [0.1, 0.15) is 5.56 Å². The minimum Gasteiger partial charge on any atom is -0.340 e. The molecule has 0 radical (unpaired) electrons. The summed E-state index contributed by atoms with van der Waals surface area (Å²) in [6.07, 6.45) is 1.47. The van der Waals surface area contributed by atoms with Crippen LogP contribution < -0.4 is 16.3 Å². The van der Waals surface area contributed by atoms with Crippen molar-refractivity contribution in [2.75, 3.05) is 10.6 Å². The van der Waals surface area contributed by atoms with Crippen LogP contribution in [0, 0.1) is 18.6 Å². The highest BCUT2D eigenvalue weighted by Gasteiger charge is 2.13. The molecule has 0 saturated heterocycles. The van der Waals surface area contributed by atoms with E-state index in [-0.39, 0.29) is 18.1 Å². The number of aryl methyl sites for hydroxylation is 1. The maximum atomic E-state index is 13.2. The highest BCUT2D eigenvalue weighted by molar-refractivity contribution is 5.91. The number of carbonyl (C=O) groups excluding carboxylic acids is 1. The quantitative estimate of drug-likeness (QED) is 0.528. The number of amides is 1. The fourth-order valence-corrected chi connectivity index (χ4v) is 2.85. The predicted octanol–water partition coefficient (Wildman–Crippen LogP) is 2.86. The summed E-state index contributed by atoms with van der Waals surface area (Å²) >= 11 is 0. The van der Waals surface area contributed by atoms with Crippen molar-refractivity contribution in [3.63, 3.8) is 0 Å². The Hall–Kier alpha value is -4.08. The van der Waals surface area contributed by atoms with E-state index in [9.17, 15) is 18.4 Å². The molecule has 0 atom stereocenters. The molecule has 0 bridgehead atoms. The number of rotatable bonds is 5. The zero-order chi connectivity index (χ0) is 21.3. The predicted molar refractivity (Wildman–Crippen MR) is 107 cm³/mol. The van der Waals surface area contributed by atoms with E-state index >= 15 is 0 Å². The molecule has 8 nitrogen and oxygen atoms in total. The van der Waals surface area contributed by atoms with Crippen LogP contribution in [-0.4, -0.2) is 25.1 Å². The molecule has 0 aliphatic carbocycles. The molecule has 2 heterocycles. The molecule has 30 heavy (non-hydrogen) atoms. The summed E-state index contributed by atoms with van der Waals surface area (Å²) in [4.78, 5) is 29.0. The number of hydrogen-bond donors (Lipinski definition) is 2. The van der Waals surface area contributed by atoms with E-state index in [1.54, 1.807) is 25.1 Å². The molecule has 2 aromatic heterocycles. The number of anilines is 3. The van der Waals surface area contributed by atoms with E-state index in [2.05, 4.69) is 20.7 Å². The topological polar surface area (TPSA) is 93.3 Å². The molecule has 10 heteroatoms. The van der Waals surface area contributed by atoms with Crippen molar-refractivity contribution in [2.45, 2.75) is 13.5 Å². The molecule has 2 N–H and O–H groups in total. The summed E-state index contributed by atoms with van der Waals surface area (Å²) in [5.41, 5.74) is 1.09. The molecule has 0 aliphatic rings. The third-order valence-corrected chi connectivity index (χ3v) is 4.33. The fourth-order valence-electron chi connectivity index (χ4n) is 2.85. The van der Waals surface area contributed by atoms with Crippen molar-refractivity contribution in [3.05, 3.63) is 82.4 Å². The molecule has 2 aromatic carbocycles. The summed E-state index contributed by atoms with van der Waals surface area (Å²) in [6.45, 7) is 1.33. The Balaban J connectivity index is 1.53. The van der Waals surface area contributed by atoms with Gasteiger partial charge >= 0.3 is 5.69 Å². The van der Waals surface area contributed by atoms with Gasteiger partial charge in [0.05, 0.1) is 0 Å². The Morgan fingerprint density at radius 1 is 1.07 bits per heavy atom. The first kappa shape index (κ1) is 19.2. The van der Waals surface area contributed by atoms with Crippen LogP contribution in [0.2, 0.25) is 0 Å². The van der Waals surface area contributed by atoms with Gasteiger partial charge in [0.15, 0.2) is 0 Å². The van der Waals surface area contributed by atoms with E-state index < -0.39 is 17.4 Å². The van der Waals surface area contributed by atoms with Gasteiger partial charge in [-0.2, -0.15) is 4.98 Å². The van der Waals surface area contributed by atoms with Crippen LogP contribution >= 0.6 is 0 Å². The van der Waals surface area contributed by atoms with Gasteiger partial charge in [-0.15, -0.1) is 5.10 Å². The smallest absolute Gasteiger partial charge is 0.340 e.